The number of rotatable bonds is 69. The fourth-order valence-electron chi connectivity index (χ4n) is 13.2. The van der Waals surface area contributed by atoms with Gasteiger partial charge in [-0.25, -0.2) is 0 Å². The van der Waals surface area contributed by atoms with Crippen LogP contribution in [0.2, 0.25) is 0 Å². The van der Waals surface area contributed by atoms with Crippen LogP contribution in [-0.4, -0.2) is 140 Å². The van der Waals surface area contributed by atoms with Crippen LogP contribution in [0.5, 0.6) is 0 Å². The molecule has 14 heteroatoms. The Hall–Kier alpha value is -3.61. The van der Waals surface area contributed by atoms with Gasteiger partial charge in [-0.15, -0.1) is 0 Å². The van der Waals surface area contributed by atoms with Crippen molar-refractivity contribution < 1.29 is 64.6 Å². The Kier molecular flexibility index (Phi) is 65.2. The lowest BCUT2D eigenvalue weighted by Gasteiger charge is -2.46. The van der Waals surface area contributed by atoms with Gasteiger partial charge in [0, 0.05) is 6.42 Å². The molecule has 0 aromatic heterocycles. The van der Waals surface area contributed by atoms with E-state index in [1.54, 1.807) is 0 Å². The minimum atomic E-state index is -1.79. The van der Waals surface area contributed by atoms with E-state index in [9.17, 15) is 45.6 Å². The van der Waals surface area contributed by atoms with E-state index in [1.807, 2.05) is 0 Å². The number of aliphatic hydroxyl groups excluding tert-OH is 8. The third-order valence-corrected chi connectivity index (χ3v) is 19.7. The van der Waals surface area contributed by atoms with E-state index >= 15 is 0 Å². The van der Waals surface area contributed by atoms with Crippen LogP contribution < -0.4 is 5.32 Å². The zero-order chi connectivity index (χ0) is 73.7. The summed E-state index contributed by atoms with van der Waals surface area (Å²) in [5, 5.41) is 87.9. The standard InChI is InChI=1S/C88H153NO13/c1-3-5-7-9-11-13-15-17-19-21-23-25-27-29-31-32-33-34-35-36-37-38-39-40-41-42-43-44-46-48-50-52-54-56-58-60-62-64-66-68-70-72-80(93)89-76(75-99-87-85(98)83(96)86(79(74-91)101-87)102-88-84(97)82(95)81(94)78(73-90)100-88)77(92)71-69-67-65-63-61-59-57-55-53-51-49-47-45-30-28-26-24-22-20-18-16-14-12-10-8-6-4-2/h5,7,11,13,17,19,23,25,29,31,33-34,36-37,39-40,42-43,46,48,76-79,81-88,90-92,94-98H,3-4,6,8-10,12,14-16,18,20-22,24,26-28,30,32,35,38,41,44-45,47,49-75H2,1-2H3,(H,89,93)/b7-5-,13-11-,19-17-,25-23-,31-29-,34-33-,37-36-,40-39-,43-42-,48-46-. The van der Waals surface area contributed by atoms with Crippen LogP contribution in [0.1, 0.15) is 335 Å². The number of ether oxygens (including phenoxy) is 4. The van der Waals surface area contributed by atoms with Crippen molar-refractivity contribution in [1.82, 2.24) is 5.32 Å². The van der Waals surface area contributed by atoms with Crippen LogP contribution in [-0.2, 0) is 23.7 Å². The number of carbonyl (C=O) groups excluding carboxylic acids is 1. The number of amides is 1. The second-order valence-corrected chi connectivity index (χ2v) is 28.9. The van der Waals surface area contributed by atoms with E-state index in [2.05, 4.69) is 141 Å². The van der Waals surface area contributed by atoms with Crippen molar-refractivity contribution in [2.45, 2.75) is 408 Å². The molecule has 0 radical (unpaired) electrons. The summed E-state index contributed by atoms with van der Waals surface area (Å²) >= 11 is 0. The van der Waals surface area contributed by atoms with E-state index in [4.69, 9.17) is 18.9 Å². The van der Waals surface area contributed by atoms with Gasteiger partial charge in [0.15, 0.2) is 12.6 Å². The summed E-state index contributed by atoms with van der Waals surface area (Å²) in [4.78, 5) is 13.4. The van der Waals surface area contributed by atoms with Crippen molar-refractivity contribution in [3.8, 4) is 0 Å². The zero-order valence-corrected chi connectivity index (χ0v) is 64.6. The number of aliphatic hydroxyl groups is 8. The van der Waals surface area contributed by atoms with Gasteiger partial charge >= 0.3 is 0 Å². The van der Waals surface area contributed by atoms with Gasteiger partial charge in [-0.05, 0) is 89.9 Å². The van der Waals surface area contributed by atoms with Crippen molar-refractivity contribution in [3.63, 3.8) is 0 Å². The molecule has 0 aromatic rings. The van der Waals surface area contributed by atoms with Crippen molar-refractivity contribution in [3.05, 3.63) is 122 Å². The molecule has 12 unspecified atom stereocenters. The van der Waals surface area contributed by atoms with Gasteiger partial charge in [0.05, 0.1) is 32.0 Å². The number of carbonyl (C=O) groups is 1. The van der Waals surface area contributed by atoms with Gasteiger partial charge in [-0.3, -0.25) is 4.79 Å². The first kappa shape index (κ1) is 94.5. The summed E-state index contributed by atoms with van der Waals surface area (Å²) in [5.74, 6) is -0.211. The molecule has 1 amide bonds. The first-order chi connectivity index (χ1) is 50.1. The lowest BCUT2D eigenvalue weighted by molar-refractivity contribution is -0.359. The lowest BCUT2D eigenvalue weighted by atomic mass is 9.97. The molecule has 9 N–H and O–H groups in total. The molecule has 2 heterocycles. The second kappa shape index (κ2) is 70.4. The average molecular weight is 1430 g/mol. The van der Waals surface area contributed by atoms with Crippen molar-refractivity contribution in [2.24, 2.45) is 0 Å². The quantitative estimate of drug-likeness (QED) is 0.0204. The van der Waals surface area contributed by atoms with E-state index in [1.165, 1.54) is 186 Å². The molecule has 2 rings (SSSR count). The molecular weight excluding hydrogens is 1280 g/mol. The molecule has 0 aliphatic carbocycles. The van der Waals surface area contributed by atoms with Crippen LogP contribution in [0.4, 0.5) is 0 Å². The summed E-state index contributed by atoms with van der Waals surface area (Å²) in [7, 11) is 0. The summed E-state index contributed by atoms with van der Waals surface area (Å²) < 4.78 is 23.0. The molecule has 0 bridgehead atoms. The Morgan fingerprint density at radius 1 is 0.363 bits per heavy atom. The molecule has 0 spiro atoms. The first-order valence-electron chi connectivity index (χ1n) is 41.8. The second-order valence-electron chi connectivity index (χ2n) is 28.9. The van der Waals surface area contributed by atoms with Crippen LogP contribution in [0.25, 0.3) is 0 Å². The van der Waals surface area contributed by atoms with Crippen molar-refractivity contribution in [1.29, 1.82) is 0 Å². The molecule has 12 atom stereocenters. The van der Waals surface area contributed by atoms with Gasteiger partial charge < -0.3 is 65.1 Å². The van der Waals surface area contributed by atoms with Gasteiger partial charge in [0.25, 0.3) is 0 Å². The van der Waals surface area contributed by atoms with Gasteiger partial charge in [-0.1, -0.05) is 360 Å². The summed E-state index contributed by atoms with van der Waals surface area (Å²) in [6.45, 7) is 2.78. The van der Waals surface area contributed by atoms with Crippen molar-refractivity contribution >= 4 is 5.91 Å². The first-order valence-corrected chi connectivity index (χ1v) is 41.8. The Bertz CT molecular complexity index is 2180. The third-order valence-electron chi connectivity index (χ3n) is 19.7. The SMILES string of the molecule is CC/C=C\C/C=C\C/C=C\C/C=C\C/C=C\C/C=C\C/C=C\C/C=C\C/C=C\C/C=C\CCCCCCCCCCCCC(=O)NC(COC1OC(CO)C(OC2OC(CO)C(O)C(O)C2O)C(O)C1O)C(O)CCCCCCCCCCCCCCCCCCCCCCCCCCCCC. The Balaban J connectivity index is 1.60. The maximum Gasteiger partial charge on any atom is 0.220 e. The molecular formula is C88H153NO13. The maximum atomic E-state index is 13.4. The predicted molar refractivity (Wildman–Crippen MR) is 424 cm³/mol. The monoisotopic (exact) mass is 1430 g/mol. The number of nitrogens with one attached hydrogen (secondary N) is 1. The number of allylic oxidation sites excluding steroid dienone is 20. The smallest absolute Gasteiger partial charge is 0.220 e. The van der Waals surface area contributed by atoms with Crippen LogP contribution in [0.3, 0.4) is 0 Å². The highest BCUT2D eigenvalue weighted by molar-refractivity contribution is 5.76. The Morgan fingerprint density at radius 3 is 1.04 bits per heavy atom. The number of unbranched alkanes of at least 4 members (excludes halogenated alkanes) is 36. The van der Waals surface area contributed by atoms with Crippen LogP contribution >= 0.6 is 0 Å². The molecule has 2 aliphatic rings. The summed E-state index contributed by atoms with van der Waals surface area (Å²) in [5.41, 5.74) is 0. The zero-order valence-electron chi connectivity index (χ0n) is 64.6. The normalized spacial score (nSPS) is 22.3. The van der Waals surface area contributed by atoms with E-state index in [0.29, 0.717) is 19.3 Å². The van der Waals surface area contributed by atoms with Gasteiger partial charge in [0.2, 0.25) is 5.91 Å². The highest BCUT2D eigenvalue weighted by atomic mass is 16.7. The largest absolute Gasteiger partial charge is 0.394 e. The molecule has 2 saturated heterocycles. The number of hydrogen-bond donors (Lipinski definition) is 9. The average Bonchev–Trinajstić information content (AvgIpc) is 0.790. The van der Waals surface area contributed by atoms with E-state index in [0.717, 1.165) is 116 Å². The van der Waals surface area contributed by atoms with Gasteiger partial charge in [-0.2, -0.15) is 0 Å². The molecule has 14 nitrogen and oxygen atoms in total. The Morgan fingerprint density at radius 2 is 0.676 bits per heavy atom. The molecule has 2 fully saturated rings. The highest BCUT2D eigenvalue weighted by Crippen LogP contribution is 2.30. The molecule has 102 heavy (non-hydrogen) atoms. The molecule has 0 saturated carbocycles. The lowest BCUT2D eigenvalue weighted by Crippen LogP contribution is -2.65. The van der Waals surface area contributed by atoms with Crippen LogP contribution in [0.15, 0.2) is 122 Å². The minimum absolute atomic E-state index is 0.211. The fourth-order valence-corrected chi connectivity index (χ4v) is 13.2. The van der Waals surface area contributed by atoms with E-state index in [-0.39, 0.29) is 12.5 Å². The van der Waals surface area contributed by atoms with Gasteiger partial charge in [0.1, 0.15) is 48.8 Å². The minimum Gasteiger partial charge on any atom is -0.394 e. The molecule has 0 aromatic carbocycles. The fraction of sp³-hybridized carbons (Fsp3) is 0.761. The van der Waals surface area contributed by atoms with Crippen LogP contribution in [0, 0.1) is 0 Å². The van der Waals surface area contributed by atoms with E-state index < -0.39 is 86.8 Å². The summed E-state index contributed by atoms with van der Waals surface area (Å²) in [6.07, 6.45) is 86.6. The number of hydrogen-bond acceptors (Lipinski definition) is 13. The Labute approximate surface area is 622 Å². The topological polar surface area (TPSA) is 228 Å². The maximum absolute atomic E-state index is 13.4. The van der Waals surface area contributed by atoms with Crippen molar-refractivity contribution in [2.75, 3.05) is 19.8 Å². The highest BCUT2D eigenvalue weighted by Gasteiger charge is 2.51. The predicted octanol–water partition coefficient (Wildman–Crippen LogP) is 19.6. The molecule has 588 valence electrons. The molecule has 2 aliphatic heterocycles. The summed E-state index contributed by atoms with van der Waals surface area (Å²) in [6, 6.07) is -0.841. The third kappa shape index (κ3) is 52.4.